The third-order valence-corrected chi connectivity index (χ3v) is 4.27. The minimum atomic E-state index is -0.564. The summed E-state index contributed by atoms with van der Waals surface area (Å²) in [5.74, 6) is -1.45. The summed E-state index contributed by atoms with van der Waals surface area (Å²) in [5.41, 5.74) is 4.87. The number of aryl methyl sites for hydroxylation is 3. The maximum Gasteiger partial charge on any atom is 0.338 e. The standard InChI is InChI=1S/C21H24N2O4/c1-13-8-9-15(3)17(10-13)21(26)27-12-20(25)22-11-19(24)23-18-7-5-6-14(2)16(18)4/h5-10H,11-12H2,1-4H3,(H,22,25)(H,23,24). The monoisotopic (exact) mass is 368 g/mol. The molecule has 2 aromatic rings. The van der Waals surface area contributed by atoms with E-state index in [0.717, 1.165) is 22.3 Å². The Labute approximate surface area is 158 Å². The lowest BCUT2D eigenvalue weighted by molar-refractivity contribution is -0.126. The number of hydrogen-bond donors (Lipinski definition) is 2. The maximum absolute atomic E-state index is 12.1. The quantitative estimate of drug-likeness (QED) is 0.768. The molecule has 0 aromatic heterocycles. The molecule has 0 spiro atoms. The fourth-order valence-electron chi connectivity index (χ4n) is 2.48. The number of rotatable bonds is 6. The Morgan fingerprint density at radius 1 is 0.926 bits per heavy atom. The van der Waals surface area contributed by atoms with Gasteiger partial charge < -0.3 is 15.4 Å². The van der Waals surface area contributed by atoms with Crippen LogP contribution in [0.3, 0.4) is 0 Å². The molecule has 2 amide bonds. The van der Waals surface area contributed by atoms with Crippen molar-refractivity contribution >= 4 is 23.5 Å². The minimum absolute atomic E-state index is 0.201. The number of benzene rings is 2. The average Bonchev–Trinajstić information content (AvgIpc) is 2.63. The highest BCUT2D eigenvalue weighted by molar-refractivity contribution is 5.96. The fourth-order valence-corrected chi connectivity index (χ4v) is 2.48. The second-order valence-corrected chi connectivity index (χ2v) is 6.47. The Kier molecular flexibility index (Phi) is 6.71. The van der Waals surface area contributed by atoms with Gasteiger partial charge in [0.25, 0.3) is 5.91 Å². The molecule has 2 rings (SSSR count). The van der Waals surface area contributed by atoms with Crippen molar-refractivity contribution in [2.45, 2.75) is 27.7 Å². The van der Waals surface area contributed by atoms with Crippen LogP contribution in [0.25, 0.3) is 0 Å². The minimum Gasteiger partial charge on any atom is -0.452 e. The molecule has 2 aromatic carbocycles. The molecule has 0 heterocycles. The van der Waals surface area contributed by atoms with Gasteiger partial charge in [0.2, 0.25) is 5.91 Å². The van der Waals surface area contributed by atoms with E-state index in [4.69, 9.17) is 4.74 Å². The SMILES string of the molecule is Cc1ccc(C)c(C(=O)OCC(=O)NCC(=O)Nc2cccc(C)c2C)c1. The van der Waals surface area contributed by atoms with Crippen molar-refractivity contribution in [3.05, 3.63) is 64.2 Å². The summed E-state index contributed by atoms with van der Waals surface area (Å²) in [4.78, 5) is 35.9. The highest BCUT2D eigenvalue weighted by Gasteiger charge is 2.14. The first-order valence-corrected chi connectivity index (χ1v) is 8.65. The van der Waals surface area contributed by atoms with Crippen LogP contribution < -0.4 is 10.6 Å². The Hall–Kier alpha value is -3.15. The number of amides is 2. The van der Waals surface area contributed by atoms with E-state index in [1.165, 1.54) is 0 Å². The molecule has 0 bridgehead atoms. The zero-order valence-corrected chi connectivity index (χ0v) is 16.0. The zero-order chi connectivity index (χ0) is 20.0. The van der Waals surface area contributed by atoms with Gasteiger partial charge in [-0.3, -0.25) is 9.59 Å². The molecular formula is C21H24N2O4. The van der Waals surface area contributed by atoms with Crippen LogP contribution in [0.4, 0.5) is 5.69 Å². The van der Waals surface area contributed by atoms with Gasteiger partial charge >= 0.3 is 5.97 Å². The number of esters is 1. The summed E-state index contributed by atoms with van der Waals surface area (Å²) in [6.45, 7) is 6.90. The normalized spacial score (nSPS) is 10.2. The number of nitrogens with one attached hydrogen (secondary N) is 2. The van der Waals surface area contributed by atoms with Crippen LogP contribution in [-0.2, 0) is 14.3 Å². The van der Waals surface area contributed by atoms with Gasteiger partial charge in [0.05, 0.1) is 12.1 Å². The van der Waals surface area contributed by atoms with E-state index in [1.54, 1.807) is 19.1 Å². The van der Waals surface area contributed by atoms with Gasteiger partial charge in [-0.2, -0.15) is 0 Å². The maximum atomic E-state index is 12.1. The summed E-state index contributed by atoms with van der Waals surface area (Å²) in [6, 6.07) is 11.0. The van der Waals surface area contributed by atoms with Crippen molar-refractivity contribution in [2.75, 3.05) is 18.5 Å². The molecule has 6 heteroatoms. The van der Waals surface area contributed by atoms with Crippen LogP contribution >= 0.6 is 0 Å². The van der Waals surface area contributed by atoms with Gasteiger partial charge in [0.1, 0.15) is 0 Å². The number of hydrogen-bond acceptors (Lipinski definition) is 4. The van der Waals surface area contributed by atoms with Crippen molar-refractivity contribution in [1.29, 1.82) is 0 Å². The Balaban J connectivity index is 1.80. The molecule has 0 saturated carbocycles. The van der Waals surface area contributed by atoms with Gasteiger partial charge in [-0.1, -0.05) is 29.8 Å². The van der Waals surface area contributed by atoms with E-state index < -0.39 is 18.5 Å². The summed E-state index contributed by atoms with van der Waals surface area (Å²) in [6.07, 6.45) is 0. The average molecular weight is 368 g/mol. The highest BCUT2D eigenvalue weighted by Crippen LogP contribution is 2.17. The van der Waals surface area contributed by atoms with Crippen molar-refractivity contribution in [3.63, 3.8) is 0 Å². The molecule has 0 aliphatic heterocycles. The molecule has 27 heavy (non-hydrogen) atoms. The molecule has 0 aliphatic rings. The first kappa shape index (κ1) is 20.2. The van der Waals surface area contributed by atoms with Crippen LogP contribution in [0.1, 0.15) is 32.6 Å². The predicted molar refractivity (Wildman–Crippen MR) is 104 cm³/mol. The second kappa shape index (κ2) is 8.98. The van der Waals surface area contributed by atoms with E-state index >= 15 is 0 Å². The predicted octanol–water partition coefficient (Wildman–Crippen LogP) is 2.83. The van der Waals surface area contributed by atoms with Gasteiger partial charge in [-0.25, -0.2) is 4.79 Å². The third-order valence-electron chi connectivity index (χ3n) is 4.27. The largest absolute Gasteiger partial charge is 0.452 e. The Morgan fingerprint density at radius 2 is 1.67 bits per heavy atom. The Morgan fingerprint density at radius 3 is 2.41 bits per heavy atom. The van der Waals surface area contributed by atoms with Crippen molar-refractivity contribution in [2.24, 2.45) is 0 Å². The molecule has 0 fully saturated rings. The summed E-state index contributed by atoms with van der Waals surface area (Å²) in [5, 5.41) is 5.19. The zero-order valence-electron chi connectivity index (χ0n) is 16.0. The van der Waals surface area contributed by atoms with Crippen molar-refractivity contribution in [3.8, 4) is 0 Å². The van der Waals surface area contributed by atoms with Gasteiger partial charge in [0, 0.05) is 5.69 Å². The lowest BCUT2D eigenvalue weighted by Crippen LogP contribution is -2.35. The molecule has 0 unspecified atom stereocenters. The fraction of sp³-hybridized carbons (Fsp3) is 0.286. The number of carbonyl (C=O) groups excluding carboxylic acids is 3. The van der Waals surface area contributed by atoms with Crippen LogP contribution in [0, 0.1) is 27.7 Å². The van der Waals surface area contributed by atoms with E-state index in [1.807, 2.05) is 45.0 Å². The Bertz CT molecular complexity index is 874. The van der Waals surface area contributed by atoms with Gasteiger partial charge in [0.15, 0.2) is 6.61 Å². The molecule has 0 saturated heterocycles. The summed E-state index contributed by atoms with van der Waals surface area (Å²) < 4.78 is 5.03. The highest BCUT2D eigenvalue weighted by atomic mass is 16.5. The van der Waals surface area contributed by atoms with Crippen molar-refractivity contribution in [1.82, 2.24) is 5.32 Å². The lowest BCUT2D eigenvalue weighted by Gasteiger charge is -2.11. The summed E-state index contributed by atoms with van der Waals surface area (Å²) in [7, 11) is 0. The molecular weight excluding hydrogens is 344 g/mol. The first-order chi connectivity index (χ1) is 12.8. The van der Waals surface area contributed by atoms with E-state index in [-0.39, 0.29) is 12.5 Å². The summed E-state index contributed by atoms with van der Waals surface area (Å²) >= 11 is 0. The van der Waals surface area contributed by atoms with Gasteiger partial charge in [-0.05, 0) is 56.5 Å². The van der Waals surface area contributed by atoms with Crippen LogP contribution in [0.5, 0.6) is 0 Å². The van der Waals surface area contributed by atoms with Crippen LogP contribution in [-0.4, -0.2) is 30.9 Å². The molecule has 0 radical (unpaired) electrons. The van der Waals surface area contributed by atoms with Gasteiger partial charge in [-0.15, -0.1) is 0 Å². The molecule has 0 aliphatic carbocycles. The van der Waals surface area contributed by atoms with E-state index in [2.05, 4.69) is 10.6 Å². The first-order valence-electron chi connectivity index (χ1n) is 8.65. The van der Waals surface area contributed by atoms with E-state index in [9.17, 15) is 14.4 Å². The molecule has 2 N–H and O–H groups in total. The topological polar surface area (TPSA) is 84.5 Å². The molecule has 6 nitrogen and oxygen atoms in total. The van der Waals surface area contributed by atoms with Crippen LogP contribution in [0.15, 0.2) is 36.4 Å². The second-order valence-electron chi connectivity index (χ2n) is 6.47. The number of anilines is 1. The van der Waals surface area contributed by atoms with E-state index in [0.29, 0.717) is 11.3 Å². The lowest BCUT2D eigenvalue weighted by atomic mass is 10.1. The number of carbonyl (C=O) groups is 3. The molecule has 0 atom stereocenters. The van der Waals surface area contributed by atoms with Crippen molar-refractivity contribution < 1.29 is 19.1 Å². The smallest absolute Gasteiger partial charge is 0.338 e. The molecule has 142 valence electrons. The van der Waals surface area contributed by atoms with Crippen LogP contribution in [0.2, 0.25) is 0 Å². The number of ether oxygens (including phenoxy) is 1. The third kappa shape index (κ3) is 5.67.